The first-order valence-corrected chi connectivity index (χ1v) is 4.86. The fraction of sp³-hybridized carbons (Fsp3) is 0.455. The Morgan fingerprint density at radius 3 is 3.00 bits per heavy atom. The lowest BCUT2D eigenvalue weighted by atomic mass is 9.88. The molecular weight excluding hydrogens is 192 g/mol. The summed E-state index contributed by atoms with van der Waals surface area (Å²) in [4.78, 5) is 17.3. The van der Waals surface area contributed by atoms with Crippen LogP contribution < -0.4 is 4.90 Å². The minimum absolute atomic E-state index is 0.0578. The van der Waals surface area contributed by atoms with Crippen molar-refractivity contribution in [3.8, 4) is 0 Å². The molecule has 80 valence electrons. The molecule has 0 aromatic carbocycles. The van der Waals surface area contributed by atoms with Crippen LogP contribution in [0, 0.1) is 0 Å². The van der Waals surface area contributed by atoms with Gasteiger partial charge in [-0.05, 0) is 6.07 Å². The van der Waals surface area contributed by atoms with E-state index in [2.05, 4.69) is 18.8 Å². The quantitative estimate of drug-likeness (QED) is 0.651. The fourth-order valence-corrected chi connectivity index (χ4v) is 1.98. The number of hydrogen-bond acceptors (Lipinski definition) is 3. The number of rotatable bonds is 0. The van der Waals surface area contributed by atoms with Gasteiger partial charge in [0, 0.05) is 29.9 Å². The second-order valence-electron chi connectivity index (χ2n) is 4.33. The number of anilines is 1. The predicted octanol–water partition coefficient (Wildman–Crippen LogP) is 1.95. The average molecular weight is 206 g/mol. The van der Waals surface area contributed by atoms with Gasteiger partial charge in [-0.1, -0.05) is 13.8 Å². The van der Waals surface area contributed by atoms with E-state index in [4.69, 9.17) is 4.74 Å². The van der Waals surface area contributed by atoms with Crippen LogP contribution in [0.15, 0.2) is 18.5 Å². The van der Waals surface area contributed by atoms with Gasteiger partial charge in [-0.25, -0.2) is 4.79 Å². The van der Waals surface area contributed by atoms with E-state index >= 15 is 0 Å². The van der Waals surface area contributed by atoms with Gasteiger partial charge in [0.05, 0.1) is 12.8 Å². The van der Waals surface area contributed by atoms with E-state index in [0.29, 0.717) is 6.54 Å². The van der Waals surface area contributed by atoms with E-state index in [1.54, 1.807) is 11.1 Å². The summed E-state index contributed by atoms with van der Waals surface area (Å²) >= 11 is 0. The second-order valence-corrected chi connectivity index (χ2v) is 4.33. The highest BCUT2D eigenvalue weighted by Gasteiger charge is 2.38. The second kappa shape index (κ2) is 3.22. The first-order valence-electron chi connectivity index (χ1n) is 4.86. The first kappa shape index (κ1) is 9.96. The Hall–Kier alpha value is -1.58. The van der Waals surface area contributed by atoms with E-state index in [9.17, 15) is 4.79 Å². The maximum atomic E-state index is 11.5. The molecule has 0 atom stereocenters. The number of nitrogens with zero attached hydrogens (tertiary/aromatic N) is 2. The number of fused-ring (bicyclic) bond motifs is 1. The van der Waals surface area contributed by atoms with E-state index in [-0.39, 0.29) is 11.5 Å². The van der Waals surface area contributed by atoms with Crippen LogP contribution in [0.3, 0.4) is 0 Å². The van der Waals surface area contributed by atoms with Crippen LogP contribution in [0.2, 0.25) is 0 Å². The Kier molecular flexibility index (Phi) is 2.14. The van der Waals surface area contributed by atoms with Crippen LogP contribution in [0.25, 0.3) is 0 Å². The Morgan fingerprint density at radius 2 is 2.33 bits per heavy atom. The van der Waals surface area contributed by atoms with Gasteiger partial charge >= 0.3 is 6.09 Å². The molecule has 4 heteroatoms. The summed E-state index contributed by atoms with van der Waals surface area (Å²) in [5.74, 6) is 0. The number of amides is 1. The monoisotopic (exact) mass is 206 g/mol. The highest BCUT2D eigenvalue weighted by atomic mass is 16.5. The van der Waals surface area contributed by atoms with Crippen molar-refractivity contribution in [1.29, 1.82) is 0 Å². The molecule has 0 unspecified atom stereocenters. The van der Waals surface area contributed by atoms with E-state index in [1.165, 1.54) is 7.11 Å². The minimum atomic E-state index is -0.312. The molecule has 0 bridgehead atoms. The number of pyridine rings is 1. The molecule has 15 heavy (non-hydrogen) atoms. The predicted molar refractivity (Wildman–Crippen MR) is 57.0 cm³/mol. The zero-order chi connectivity index (χ0) is 11.1. The summed E-state index contributed by atoms with van der Waals surface area (Å²) in [6.07, 6.45) is 3.20. The highest BCUT2D eigenvalue weighted by molar-refractivity contribution is 5.91. The molecule has 2 heterocycles. The van der Waals surface area contributed by atoms with Crippen LogP contribution in [0.1, 0.15) is 19.4 Å². The Bertz CT molecular complexity index is 401. The maximum absolute atomic E-state index is 11.5. The van der Waals surface area contributed by atoms with Crippen LogP contribution in [0.4, 0.5) is 10.5 Å². The molecule has 0 N–H and O–H groups in total. The summed E-state index contributed by atoms with van der Waals surface area (Å²) in [6.45, 7) is 4.83. The lowest BCUT2D eigenvalue weighted by molar-refractivity contribution is 0.178. The standard InChI is InChI=1S/C11H14N2O2/c1-11(2)7-13(10(14)15-3)9-4-5-12-6-8(9)11/h4-6H,7H2,1-3H3. The van der Waals surface area contributed by atoms with Gasteiger partial charge in [0.1, 0.15) is 0 Å². The van der Waals surface area contributed by atoms with Crippen molar-refractivity contribution >= 4 is 11.8 Å². The third kappa shape index (κ3) is 1.46. The molecule has 1 aliphatic rings. The van der Waals surface area contributed by atoms with Crippen LogP contribution in [-0.4, -0.2) is 24.7 Å². The maximum Gasteiger partial charge on any atom is 0.414 e. The van der Waals surface area contributed by atoms with Crippen molar-refractivity contribution < 1.29 is 9.53 Å². The SMILES string of the molecule is COC(=O)N1CC(C)(C)c2cnccc21. The molecule has 1 amide bonds. The molecule has 0 saturated carbocycles. The molecule has 0 fully saturated rings. The van der Waals surface area contributed by atoms with Gasteiger partial charge in [-0.3, -0.25) is 9.88 Å². The minimum Gasteiger partial charge on any atom is -0.452 e. The number of methoxy groups -OCH3 is 1. The van der Waals surface area contributed by atoms with Crippen LogP contribution in [0.5, 0.6) is 0 Å². The van der Waals surface area contributed by atoms with E-state index in [1.807, 2.05) is 12.3 Å². The lowest BCUT2D eigenvalue weighted by Crippen LogP contribution is -2.33. The third-order valence-corrected chi connectivity index (χ3v) is 2.77. The molecule has 0 radical (unpaired) electrons. The smallest absolute Gasteiger partial charge is 0.414 e. The fourth-order valence-electron chi connectivity index (χ4n) is 1.98. The number of carbonyl (C=O) groups is 1. The average Bonchev–Trinajstić information content (AvgIpc) is 2.51. The van der Waals surface area contributed by atoms with Crippen LogP contribution in [-0.2, 0) is 10.2 Å². The van der Waals surface area contributed by atoms with Crippen molar-refractivity contribution in [3.05, 3.63) is 24.0 Å². The van der Waals surface area contributed by atoms with Gasteiger partial charge in [0.25, 0.3) is 0 Å². The molecule has 0 spiro atoms. The Labute approximate surface area is 88.9 Å². The first-order chi connectivity index (χ1) is 7.06. The number of carbonyl (C=O) groups excluding carboxylic acids is 1. The number of aromatic nitrogens is 1. The zero-order valence-corrected chi connectivity index (χ0v) is 9.15. The van der Waals surface area contributed by atoms with Crippen molar-refractivity contribution in [2.45, 2.75) is 19.3 Å². The molecule has 0 aliphatic carbocycles. The van der Waals surface area contributed by atoms with E-state index in [0.717, 1.165) is 11.3 Å². The molecule has 2 rings (SSSR count). The van der Waals surface area contributed by atoms with Crippen molar-refractivity contribution in [2.75, 3.05) is 18.6 Å². The zero-order valence-electron chi connectivity index (χ0n) is 9.15. The molecule has 4 nitrogen and oxygen atoms in total. The molecule has 1 aliphatic heterocycles. The van der Waals surface area contributed by atoms with Crippen LogP contribution >= 0.6 is 0 Å². The van der Waals surface area contributed by atoms with E-state index < -0.39 is 0 Å². The Morgan fingerprint density at radius 1 is 1.60 bits per heavy atom. The Balaban J connectivity index is 2.47. The topological polar surface area (TPSA) is 42.4 Å². The number of ether oxygens (including phenoxy) is 1. The highest BCUT2D eigenvalue weighted by Crippen LogP contribution is 2.39. The van der Waals surface area contributed by atoms with Gasteiger partial charge < -0.3 is 4.74 Å². The van der Waals surface area contributed by atoms with Gasteiger partial charge in [-0.15, -0.1) is 0 Å². The molecule has 0 saturated heterocycles. The number of hydrogen-bond donors (Lipinski definition) is 0. The largest absolute Gasteiger partial charge is 0.452 e. The van der Waals surface area contributed by atoms with Crippen molar-refractivity contribution in [3.63, 3.8) is 0 Å². The molecular formula is C11H14N2O2. The van der Waals surface area contributed by atoms with Gasteiger partial charge in [0.2, 0.25) is 0 Å². The normalized spacial score (nSPS) is 17.4. The van der Waals surface area contributed by atoms with Gasteiger partial charge in [-0.2, -0.15) is 0 Å². The summed E-state index contributed by atoms with van der Waals surface area (Å²) < 4.78 is 4.75. The summed E-state index contributed by atoms with van der Waals surface area (Å²) in [5.41, 5.74) is 1.94. The summed E-state index contributed by atoms with van der Waals surface area (Å²) in [7, 11) is 1.40. The summed E-state index contributed by atoms with van der Waals surface area (Å²) in [5, 5.41) is 0. The summed E-state index contributed by atoms with van der Waals surface area (Å²) in [6, 6.07) is 1.85. The molecule has 1 aromatic rings. The van der Waals surface area contributed by atoms with Crippen molar-refractivity contribution in [1.82, 2.24) is 4.98 Å². The van der Waals surface area contributed by atoms with Gasteiger partial charge in [0.15, 0.2) is 0 Å². The van der Waals surface area contributed by atoms with Crippen molar-refractivity contribution in [2.24, 2.45) is 0 Å². The molecule has 1 aromatic heterocycles. The lowest BCUT2D eigenvalue weighted by Gasteiger charge is -2.19. The third-order valence-electron chi connectivity index (χ3n) is 2.77.